The molecule has 20 heavy (non-hydrogen) atoms. The highest BCUT2D eigenvalue weighted by atomic mass is 32.1. The van der Waals surface area contributed by atoms with Gasteiger partial charge in [0.2, 0.25) is 11.8 Å². The van der Waals surface area contributed by atoms with Crippen LogP contribution < -0.4 is 10.6 Å². The summed E-state index contributed by atoms with van der Waals surface area (Å²) >= 11 is 3.99. The second kappa shape index (κ2) is 9.23. The standard InChI is InChI=1S/C14H28N2O3S/c1-10(2)9-14(3,4)12(18)13(19)16-6-5-11(17)15-7-8-20/h10,12,18,20H,5-9H2,1-4H3,(H,15,17)(H,16,19)/t12-/m0/s1. The summed E-state index contributed by atoms with van der Waals surface area (Å²) in [6.07, 6.45) is -0.105. The van der Waals surface area contributed by atoms with E-state index in [9.17, 15) is 14.7 Å². The second-order valence-corrected chi connectivity index (χ2v) is 6.55. The molecule has 6 heteroatoms. The van der Waals surface area contributed by atoms with Crippen LogP contribution in [0.15, 0.2) is 0 Å². The molecule has 0 aromatic heterocycles. The molecule has 0 saturated heterocycles. The molecule has 2 amide bonds. The minimum Gasteiger partial charge on any atom is -0.383 e. The molecule has 0 unspecified atom stereocenters. The molecular formula is C14H28N2O3S. The highest BCUT2D eigenvalue weighted by Gasteiger charge is 2.33. The van der Waals surface area contributed by atoms with E-state index in [0.717, 1.165) is 6.42 Å². The monoisotopic (exact) mass is 304 g/mol. The van der Waals surface area contributed by atoms with Gasteiger partial charge in [0.1, 0.15) is 6.10 Å². The number of aliphatic hydroxyl groups excluding tert-OH is 1. The Morgan fingerprint density at radius 2 is 1.80 bits per heavy atom. The molecular weight excluding hydrogens is 276 g/mol. The molecule has 0 fully saturated rings. The van der Waals surface area contributed by atoms with Crippen LogP contribution in [0.1, 0.15) is 40.5 Å². The van der Waals surface area contributed by atoms with E-state index >= 15 is 0 Å². The summed E-state index contributed by atoms with van der Waals surface area (Å²) in [7, 11) is 0. The van der Waals surface area contributed by atoms with E-state index in [0.29, 0.717) is 18.2 Å². The highest BCUT2D eigenvalue weighted by Crippen LogP contribution is 2.29. The molecule has 0 aliphatic rings. The minimum atomic E-state index is -1.06. The maximum atomic E-state index is 11.9. The predicted octanol–water partition coefficient (Wildman–Crippen LogP) is 0.972. The first-order chi connectivity index (χ1) is 9.20. The molecule has 3 N–H and O–H groups in total. The quantitative estimate of drug-likeness (QED) is 0.479. The predicted molar refractivity (Wildman–Crippen MR) is 83.7 cm³/mol. The Balaban J connectivity index is 4.11. The van der Waals surface area contributed by atoms with Crippen molar-refractivity contribution in [2.24, 2.45) is 11.3 Å². The number of hydrogen-bond donors (Lipinski definition) is 4. The number of thiol groups is 1. The Morgan fingerprint density at radius 3 is 2.30 bits per heavy atom. The third-order valence-corrected chi connectivity index (χ3v) is 3.23. The zero-order valence-electron chi connectivity index (χ0n) is 12.9. The molecule has 0 rings (SSSR count). The van der Waals surface area contributed by atoms with E-state index in [-0.39, 0.29) is 18.9 Å². The van der Waals surface area contributed by atoms with E-state index < -0.39 is 17.4 Å². The van der Waals surface area contributed by atoms with Crippen molar-refractivity contribution in [3.63, 3.8) is 0 Å². The van der Waals surface area contributed by atoms with E-state index in [4.69, 9.17) is 0 Å². The number of aliphatic hydroxyl groups is 1. The van der Waals surface area contributed by atoms with Crippen LogP contribution in [0.4, 0.5) is 0 Å². The zero-order chi connectivity index (χ0) is 15.8. The summed E-state index contributed by atoms with van der Waals surface area (Å²) in [5, 5.41) is 15.3. The van der Waals surface area contributed by atoms with Crippen molar-refractivity contribution in [3.05, 3.63) is 0 Å². The topological polar surface area (TPSA) is 78.4 Å². The van der Waals surface area contributed by atoms with E-state index in [1.807, 2.05) is 13.8 Å². The van der Waals surface area contributed by atoms with Crippen LogP contribution in [-0.4, -0.2) is 41.9 Å². The molecule has 0 aliphatic heterocycles. The summed E-state index contributed by atoms with van der Waals surface area (Å²) < 4.78 is 0. The molecule has 0 heterocycles. The number of carbonyl (C=O) groups excluding carboxylic acids is 2. The van der Waals surface area contributed by atoms with Gasteiger partial charge in [-0.3, -0.25) is 9.59 Å². The van der Waals surface area contributed by atoms with Gasteiger partial charge in [0, 0.05) is 25.3 Å². The van der Waals surface area contributed by atoms with Crippen LogP contribution in [-0.2, 0) is 9.59 Å². The van der Waals surface area contributed by atoms with Crippen LogP contribution >= 0.6 is 12.6 Å². The van der Waals surface area contributed by atoms with Gasteiger partial charge in [0.25, 0.3) is 0 Å². The Morgan fingerprint density at radius 1 is 1.20 bits per heavy atom. The van der Waals surface area contributed by atoms with Gasteiger partial charge in [-0.05, 0) is 17.8 Å². The molecule has 118 valence electrons. The average Bonchev–Trinajstić information content (AvgIpc) is 2.33. The normalized spacial score (nSPS) is 13.2. The Bertz CT molecular complexity index is 320. The maximum Gasteiger partial charge on any atom is 0.249 e. The lowest BCUT2D eigenvalue weighted by atomic mass is 9.78. The Kier molecular flexibility index (Phi) is 8.89. The number of carbonyl (C=O) groups is 2. The van der Waals surface area contributed by atoms with Gasteiger partial charge >= 0.3 is 0 Å². The molecule has 0 aliphatic carbocycles. The lowest BCUT2D eigenvalue weighted by Crippen LogP contribution is -2.45. The smallest absolute Gasteiger partial charge is 0.249 e. The van der Waals surface area contributed by atoms with Gasteiger partial charge in [-0.1, -0.05) is 27.7 Å². The Hall–Kier alpha value is -0.750. The summed E-state index contributed by atoms with van der Waals surface area (Å²) in [5.74, 6) is 0.438. The molecule has 0 saturated carbocycles. The van der Waals surface area contributed by atoms with Crippen molar-refractivity contribution < 1.29 is 14.7 Å². The van der Waals surface area contributed by atoms with Crippen LogP contribution in [0.2, 0.25) is 0 Å². The number of rotatable bonds is 9. The lowest BCUT2D eigenvalue weighted by Gasteiger charge is -2.31. The van der Waals surface area contributed by atoms with Crippen LogP contribution in [0.5, 0.6) is 0 Å². The summed E-state index contributed by atoms with van der Waals surface area (Å²) in [6, 6.07) is 0. The number of amides is 2. The van der Waals surface area contributed by atoms with Crippen LogP contribution in [0.3, 0.4) is 0 Å². The molecule has 0 aromatic carbocycles. The van der Waals surface area contributed by atoms with E-state index in [1.165, 1.54) is 0 Å². The van der Waals surface area contributed by atoms with Crippen molar-refractivity contribution >= 4 is 24.4 Å². The van der Waals surface area contributed by atoms with Crippen molar-refractivity contribution in [1.82, 2.24) is 10.6 Å². The van der Waals surface area contributed by atoms with Crippen molar-refractivity contribution in [1.29, 1.82) is 0 Å². The molecule has 0 radical (unpaired) electrons. The fraction of sp³-hybridized carbons (Fsp3) is 0.857. The van der Waals surface area contributed by atoms with Crippen LogP contribution in [0, 0.1) is 11.3 Å². The summed E-state index contributed by atoms with van der Waals surface area (Å²) in [4.78, 5) is 23.2. The first-order valence-electron chi connectivity index (χ1n) is 7.04. The minimum absolute atomic E-state index is 0.129. The van der Waals surface area contributed by atoms with Gasteiger partial charge in [-0.15, -0.1) is 0 Å². The maximum absolute atomic E-state index is 11.9. The first-order valence-corrected chi connectivity index (χ1v) is 7.67. The molecule has 0 aromatic rings. The Labute approximate surface area is 127 Å². The number of nitrogens with one attached hydrogen (secondary N) is 2. The summed E-state index contributed by atoms with van der Waals surface area (Å²) in [6.45, 7) is 8.59. The molecule has 0 spiro atoms. The van der Waals surface area contributed by atoms with Gasteiger partial charge in [-0.2, -0.15) is 12.6 Å². The second-order valence-electron chi connectivity index (χ2n) is 6.10. The van der Waals surface area contributed by atoms with Crippen LogP contribution in [0.25, 0.3) is 0 Å². The van der Waals surface area contributed by atoms with Crippen molar-refractivity contribution in [3.8, 4) is 0 Å². The van der Waals surface area contributed by atoms with Gasteiger partial charge in [0.15, 0.2) is 0 Å². The largest absolute Gasteiger partial charge is 0.383 e. The lowest BCUT2D eigenvalue weighted by molar-refractivity contribution is -0.136. The molecule has 5 nitrogen and oxygen atoms in total. The summed E-state index contributed by atoms with van der Waals surface area (Å²) in [5.41, 5.74) is -0.480. The SMILES string of the molecule is CC(C)CC(C)(C)[C@@H](O)C(=O)NCCC(=O)NCCS. The fourth-order valence-corrected chi connectivity index (χ4v) is 2.31. The van der Waals surface area contributed by atoms with E-state index in [2.05, 4.69) is 37.1 Å². The highest BCUT2D eigenvalue weighted by molar-refractivity contribution is 7.80. The van der Waals surface area contributed by atoms with Gasteiger partial charge in [0.05, 0.1) is 0 Å². The fourth-order valence-electron chi connectivity index (χ4n) is 2.20. The van der Waals surface area contributed by atoms with E-state index in [1.54, 1.807) is 0 Å². The third kappa shape index (κ3) is 7.75. The first kappa shape index (κ1) is 19.2. The molecule has 0 bridgehead atoms. The van der Waals surface area contributed by atoms with Gasteiger partial charge in [-0.25, -0.2) is 0 Å². The number of hydrogen-bond acceptors (Lipinski definition) is 4. The van der Waals surface area contributed by atoms with Crippen molar-refractivity contribution in [2.75, 3.05) is 18.8 Å². The average molecular weight is 304 g/mol. The van der Waals surface area contributed by atoms with Crippen molar-refractivity contribution in [2.45, 2.75) is 46.6 Å². The van der Waals surface area contributed by atoms with Gasteiger partial charge < -0.3 is 15.7 Å². The molecule has 1 atom stereocenters. The zero-order valence-corrected chi connectivity index (χ0v) is 13.8. The third-order valence-electron chi connectivity index (χ3n) is 3.01.